The van der Waals surface area contributed by atoms with Crippen LogP contribution in [0.2, 0.25) is 0 Å². The summed E-state index contributed by atoms with van der Waals surface area (Å²) in [7, 11) is 1.59. The van der Waals surface area contributed by atoms with Gasteiger partial charge in [0.2, 0.25) is 0 Å². The Hall–Kier alpha value is -2.37. The zero-order valence-corrected chi connectivity index (χ0v) is 8.53. The molecule has 1 aromatic rings. The number of carbonyl (C=O) groups is 1. The first-order valence-corrected chi connectivity index (χ1v) is 4.15. The Kier molecular flexibility index (Phi) is 6.80. The van der Waals surface area contributed by atoms with Crippen molar-refractivity contribution < 1.29 is 19.8 Å². The van der Waals surface area contributed by atoms with Gasteiger partial charge in [-0.2, -0.15) is 0 Å². The van der Waals surface area contributed by atoms with E-state index in [4.69, 9.17) is 20.0 Å². The van der Waals surface area contributed by atoms with E-state index in [0.29, 0.717) is 0 Å². The molecule has 0 aliphatic carbocycles. The second-order valence-electron chi connectivity index (χ2n) is 2.53. The molecular weight excluding hydrogens is 214 g/mol. The lowest BCUT2D eigenvalue weighted by atomic mass is 10.2. The highest BCUT2D eigenvalue weighted by atomic mass is 16.6. The van der Waals surface area contributed by atoms with Gasteiger partial charge in [-0.15, -0.1) is 4.91 Å². The molecule has 0 saturated carbocycles. The van der Waals surface area contributed by atoms with Crippen molar-refractivity contribution in [1.82, 2.24) is 0 Å². The third-order valence-corrected chi connectivity index (χ3v) is 1.53. The van der Waals surface area contributed by atoms with Crippen molar-refractivity contribution >= 4 is 12.0 Å². The third kappa shape index (κ3) is 6.14. The predicted molar refractivity (Wildman–Crippen MR) is 57.2 cm³/mol. The third-order valence-electron chi connectivity index (χ3n) is 1.53. The molecule has 0 aromatic heterocycles. The number of ether oxygens (including phenoxy) is 1. The zero-order valence-electron chi connectivity index (χ0n) is 8.53. The van der Waals surface area contributed by atoms with E-state index in [1.807, 2.05) is 0 Å². The number of rotatable bonds is 3. The Morgan fingerprint density at radius 1 is 1.38 bits per heavy atom. The minimum atomic E-state index is -0.948. The molecule has 6 heteroatoms. The molecular formula is C10H11NO5. The average molecular weight is 225 g/mol. The summed E-state index contributed by atoms with van der Waals surface area (Å²) in [6.07, 6.45) is 2.63. The maximum atomic E-state index is 10.2. The van der Waals surface area contributed by atoms with Crippen LogP contribution in [0.1, 0.15) is 5.56 Å². The lowest BCUT2D eigenvalue weighted by Gasteiger charge is -1.98. The fourth-order valence-electron chi connectivity index (χ4n) is 0.883. The van der Waals surface area contributed by atoms with Crippen LogP contribution >= 0.6 is 0 Å². The highest BCUT2D eigenvalue weighted by Crippen LogP contribution is 2.11. The van der Waals surface area contributed by atoms with Crippen LogP contribution in [0.25, 0.3) is 6.08 Å². The molecule has 0 radical (unpaired) electrons. The molecule has 0 aliphatic rings. The van der Waals surface area contributed by atoms with Gasteiger partial charge in [-0.05, 0) is 23.8 Å². The van der Waals surface area contributed by atoms with Gasteiger partial charge in [-0.25, -0.2) is 4.79 Å². The van der Waals surface area contributed by atoms with Gasteiger partial charge in [0.15, 0.2) is 5.34 Å². The number of hydrogen-bond donors (Lipinski definition) is 2. The van der Waals surface area contributed by atoms with Crippen molar-refractivity contribution in [1.29, 1.82) is 0 Å². The summed E-state index contributed by atoms with van der Waals surface area (Å²) in [5, 5.41) is 16.3. The van der Waals surface area contributed by atoms with Crippen molar-refractivity contribution in [2.45, 2.75) is 0 Å². The SMILES string of the molecule is COc1ccc(C=CC(=O)O)cc1.O=NO. The summed E-state index contributed by atoms with van der Waals surface area (Å²) in [6.45, 7) is 0. The van der Waals surface area contributed by atoms with Gasteiger partial charge in [0.05, 0.1) is 7.11 Å². The Bertz CT molecular complexity index is 358. The number of hydrogen-bond acceptors (Lipinski definition) is 4. The summed E-state index contributed by atoms with van der Waals surface area (Å²) in [5.74, 6) is -0.191. The second-order valence-corrected chi connectivity index (χ2v) is 2.53. The van der Waals surface area contributed by atoms with Gasteiger partial charge in [0, 0.05) is 6.08 Å². The summed E-state index contributed by atoms with van der Waals surface area (Å²) < 4.78 is 4.95. The van der Waals surface area contributed by atoms with Crippen LogP contribution in [0.4, 0.5) is 0 Å². The molecule has 0 aliphatic heterocycles. The topological polar surface area (TPSA) is 96.2 Å². The van der Waals surface area contributed by atoms with Crippen molar-refractivity contribution in [3.63, 3.8) is 0 Å². The summed E-state index contributed by atoms with van der Waals surface area (Å²) in [5.41, 5.74) is 0.836. The Morgan fingerprint density at radius 3 is 2.25 bits per heavy atom. The molecule has 0 bridgehead atoms. The van der Waals surface area contributed by atoms with Crippen LogP contribution in [0.15, 0.2) is 35.7 Å². The molecule has 0 fully saturated rings. The number of carboxylic acid groups (broad SMARTS) is 1. The molecule has 2 N–H and O–H groups in total. The summed E-state index contributed by atoms with van der Waals surface area (Å²) >= 11 is 0. The van der Waals surface area contributed by atoms with E-state index in [1.54, 1.807) is 31.4 Å². The van der Waals surface area contributed by atoms with E-state index in [-0.39, 0.29) is 0 Å². The Morgan fingerprint density at radius 2 is 1.88 bits per heavy atom. The van der Waals surface area contributed by atoms with Crippen molar-refractivity contribution in [3.05, 3.63) is 40.8 Å². The normalized spacial score (nSPS) is 9.06. The minimum absolute atomic E-state index is 0.757. The van der Waals surface area contributed by atoms with Gasteiger partial charge < -0.3 is 15.1 Å². The van der Waals surface area contributed by atoms with Crippen LogP contribution in [-0.4, -0.2) is 23.4 Å². The first-order chi connectivity index (χ1) is 7.63. The molecule has 16 heavy (non-hydrogen) atoms. The fraction of sp³-hybridized carbons (Fsp3) is 0.100. The molecule has 1 rings (SSSR count). The van der Waals surface area contributed by atoms with Crippen molar-refractivity contribution in [3.8, 4) is 5.75 Å². The molecule has 86 valence electrons. The van der Waals surface area contributed by atoms with E-state index >= 15 is 0 Å². The summed E-state index contributed by atoms with van der Waals surface area (Å²) in [6, 6.07) is 7.14. The first kappa shape index (κ1) is 13.6. The number of methoxy groups -OCH3 is 1. The Labute approximate surface area is 91.7 Å². The van der Waals surface area contributed by atoms with E-state index < -0.39 is 5.97 Å². The van der Waals surface area contributed by atoms with Crippen LogP contribution < -0.4 is 4.74 Å². The highest BCUT2D eigenvalue weighted by Gasteiger charge is 1.91. The summed E-state index contributed by atoms with van der Waals surface area (Å²) in [4.78, 5) is 18.3. The number of benzene rings is 1. The van der Waals surface area contributed by atoms with Gasteiger partial charge >= 0.3 is 5.97 Å². The van der Waals surface area contributed by atoms with Crippen LogP contribution in [-0.2, 0) is 4.79 Å². The molecule has 0 amide bonds. The molecule has 0 atom stereocenters. The molecule has 6 nitrogen and oxygen atoms in total. The first-order valence-electron chi connectivity index (χ1n) is 4.15. The quantitative estimate of drug-likeness (QED) is 0.465. The number of nitrogens with zero attached hydrogens (tertiary/aromatic N) is 1. The van der Waals surface area contributed by atoms with Crippen molar-refractivity contribution in [2.24, 2.45) is 5.34 Å². The van der Waals surface area contributed by atoms with E-state index in [0.717, 1.165) is 17.4 Å². The van der Waals surface area contributed by atoms with Gasteiger partial charge in [0.1, 0.15) is 5.75 Å². The second kappa shape index (κ2) is 7.98. The van der Waals surface area contributed by atoms with E-state index in [2.05, 4.69) is 0 Å². The van der Waals surface area contributed by atoms with Crippen LogP contribution in [0, 0.1) is 4.91 Å². The number of carboxylic acids is 1. The Balaban J connectivity index is 0.000000673. The van der Waals surface area contributed by atoms with Crippen molar-refractivity contribution in [2.75, 3.05) is 7.11 Å². The molecule has 1 aromatic carbocycles. The van der Waals surface area contributed by atoms with Gasteiger partial charge in [-0.1, -0.05) is 12.1 Å². The maximum absolute atomic E-state index is 10.2. The monoisotopic (exact) mass is 225 g/mol. The lowest BCUT2D eigenvalue weighted by molar-refractivity contribution is -0.131. The van der Waals surface area contributed by atoms with Gasteiger partial charge in [0.25, 0.3) is 0 Å². The van der Waals surface area contributed by atoms with Gasteiger partial charge in [-0.3, -0.25) is 0 Å². The largest absolute Gasteiger partial charge is 0.497 e. The van der Waals surface area contributed by atoms with E-state index in [9.17, 15) is 4.79 Å². The predicted octanol–water partition coefficient (Wildman–Crippen LogP) is 1.93. The minimum Gasteiger partial charge on any atom is -0.497 e. The molecule has 0 spiro atoms. The zero-order chi connectivity index (χ0) is 12.4. The van der Waals surface area contributed by atoms with E-state index in [1.165, 1.54) is 11.4 Å². The number of aliphatic carboxylic acids is 1. The fourth-order valence-corrected chi connectivity index (χ4v) is 0.883. The van der Waals surface area contributed by atoms with Crippen LogP contribution in [0.3, 0.4) is 0 Å². The highest BCUT2D eigenvalue weighted by molar-refractivity contribution is 5.85. The smallest absolute Gasteiger partial charge is 0.328 e. The molecule has 0 heterocycles. The molecule has 0 saturated heterocycles. The lowest BCUT2D eigenvalue weighted by Crippen LogP contribution is -1.86. The molecule has 0 unspecified atom stereocenters. The van der Waals surface area contributed by atoms with Crippen LogP contribution in [0.5, 0.6) is 5.75 Å². The average Bonchev–Trinajstić information content (AvgIpc) is 2.28. The standard InChI is InChI=1S/C10H10O3.HNO2/c1-13-9-5-2-8(3-6-9)4-7-10(11)12;2-1-3/h2-7H,1H3,(H,11,12);(H,2,3). The maximum Gasteiger partial charge on any atom is 0.328 e.